The van der Waals surface area contributed by atoms with Crippen LogP contribution in [-0.4, -0.2) is 21.7 Å². The van der Waals surface area contributed by atoms with Crippen LogP contribution in [0.4, 0.5) is 4.39 Å². The number of halogens is 1. The number of carboxylic acid groups (broad SMARTS) is 1. The topological polar surface area (TPSA) is 54.3 Å². The van der Waals surface area contributed by atoms with Gasteiger partial charge in [0, 0.05) is 36.1 Å². The average Bonchev–Trinajstić information content (AvgIpc) is 2.90. The Hall–Kier alpha value is -2.66. The zero-order chi connectivity index (χ0) is 16.7. The summed E-state index contributed by atoms with van der Waals surface area (Å²) in [7, 11) is 0. The summed E-state index contributed by atoms with van der Waals surface area (Å²) in [5.41, 5.74) is 4.30. The molecule has 4 rings (SSSR count). The smallest absolute Gasteiger partial charge is 0.321 e. The van der Waals surface area contributed by atoms with Crippen molar-refractivity contribution in [1.82, 2.24) is 9.88 Å². The standard InChI is InChI=1S/C19H17FN2O2/c20-13-7-5-12(6-8-13)11-22-17-4-2-1-3-14(17)15-9-16(19(23)24)21-10-18(15)22/h1-8,16,21H,9-11H2,(H,23,24)/t16-/m0/s1. The van der Waals surface area contributed by atoms with Gasteiger partial charge in [0.25, 0.3) is 0 Å². The van der Waals surface area contributed by atoms with Gasteiger partial charge in [-0.1, -0.05) is 30.3 Å². The van der Waals surface area contributed by atoms with Crippen molar-refractivity contribution in [3.8, 4) is 0 Å². The highest BCUT2D eigenvalue weighted by Gasteiger charge is 2.28. The largest absolute Gasteiger partial charge is 0.480 e. The van der Waals surface area contributed by atoms with Crippen LogP contribution < -0.4 is 5.32 Å². The summed E-state index contributed by atoms with van der Waals surface area (Å²) < 4.78 is 15.3. The van der Waals surface area contributed by atoms with Crippen molar-refractivity contribution >= 4 is 16.9 Å². The van der Waals surface area contributed by atoms with Gasteiger partial charge in [-0.3, -0.25) is 10.1 Å². The SMILES string of the molecule is O=C(O)[C@@H]1Cc2c(n(Cc3ccc(F)cc3)c3ccccc23)CN1. The minimum Gasteiger partial charge on any atom is -0.480 e. The van der Waals surface area contributed by atoms with Crippen molar-refractivity contribution in [1.29, 1.82) is 0 Å². The second kappa shape index (κ2) is 5.76. The normalized spacial score (nSPS) is 17.0. The van der Waals surface area contributed by atoms with E-state index in [1.54, 1.807) is 12.1 Å². The van der Waals surface area contributed by atoms with E-state index >= 15 is 0 Å². The molecule has 0 bridgehead atoms. The van der Waals surface area contributed by atoms with Crippen LogP contribution in [0.3, 0.4) is 0 Å². The Morgan fingerprint density at radius 3 is 2.71 bits per heavy atom. The monoisotopic (exact) mass is 324 g/mol. The van der Waals surface area contributed by atoms with Gasteiger partial charge in [0.15, 0.2) is 0 Å². The number of carbonyl (C=O) groups is 1. The van der Waals surface area contributed by atoms with Gasteiger partial charge >= 0.3 is 5.97 Å². The van der Waals surface area contributed by atoms with Gasteiger partial charge in [-0.2, -0.15) is 0 Å². The maximum atomic E-state index is 13.1. The first-order valence-electron chi connectivity index (χ1n) is 7.93. The highest BCUT2D eigenvalue weighted by molar-refractivity contribution is 5.87. The van der Waals surface area contributed by atoms with Crippen LogP contribution in [0.1, 0.15) is 16.8 Å². The molecule has 4 nitrogen and oxygen atoms in total. The molecule has 0 aliphatic carbocycles. The molecule has 2 heterocycles. The van der Waals surface area contributed by atoms with Crippen LogP contribution in [0.25, 0.3) is 10.9 Å². The quantitative estimate of drug-likeness (QED) is 0.779. The Morgan fingerprint density at radius 2 is 1.96 bits per heavy atom. The van der Waals surface area contributed by atoms with Crippen molar-refractivity contribution in [2.45, 2.75) is 25.6 Å². The molecule has 24 heavy (non-hydrogen) atoms. The van der Waals surface area contributed by atoms with E-state index in [0.29, 0.717) is 19.5 Å². The predicted octanol–water partition coefficient (Wildman–Crippen LogP) is 2.93. The fourth-order valence-electron chi connectivity index (χ4n) is 3.48. The molecule has 122 valence electrons. The fraction of sp³-hybridized carbons (Fsp3) is 0.211. The highest BCUT2D eigenvalue weighted by atomic mass is 19.1. The molecule has 1 aliphatic heterocycles. The Bertz CT molecular complexity index is 915. The van der Waals surface area contributed by atoms with Crippen molar-refractivity contribution in [3.05, 3.63) is 71.2 Å². The lowest BCUT2D eigenvalue weighted by atomic mass is 9.98. The van der Waals surface area contributed by atoms with Crippen LogP contribution >= 0.6 is 0 Å². The van der Waals surface area contributed by atoms with Crippen LogP contribution in [0.15, 0.2) is 48.5 Å². The van der Waals surface area contributed by atoms with E-state index < -0.39 is 12.0 Å². The molecule has 1 aromatic heterocycles. The summed E-state index contributed by atoms with van der Waals surface area (Å²) >= 11 is 0. The second-order valence-corrected chi connectivity index (χ2v) is 6.13. The number of nitrogens with zero attached hydrogens (tertiary/aromatic N) is 1. The van der Waals surface area contributed by atoms with E-state index in [-0.39, 0.29) is 5.82 Å². The Labute approximate surface area is 138 Å². The minimum absolute atomic E-state index is 0.246. The maximum Gasteiger partial charge on any atom is 0.321 e. The first kappa shape index (κ1) is 14.9. The zero-order valence-electron chi connectivity index (χ0n) is 13.0. The van der Waals surface area contributed by atoms with Crippen LogP contribution in [0.2, 0.25) is 0 Å². The van der Waals surface area contributed by atoms with E-state index in [4.69, 9.17) is 0 Å². The van der Waals surface area contributed by atoms with Crippen molar-refractivity contribution in [2.75, 3.05) is 0 Å². The summed E-state index contributed by atoms with van der Waals surface area (Å²) in [6.45, 7) is 1.15. The molecule has 0 saturated heterocycles. The van der Waals surface area contributed by atoms with E-state index in [0.717, 1.165) is 27.7 Å². The molecule has 0 unspecified atom stereocenters. The molecule has 1 atom stereocenters. The molecule has 1 aliphatic rings. The molecule has 0 saturated carbocycles. The Kier molecular flexibility index (Phi) is 3.58. The number of fused-ring (bicyclic) bond motifs is 3. The van der Waals surface area contributed by atoms with Gasteiger partial charge < -0.3 is 9.67 Å². The molecule has 5 heteroatoms. The third-order valence-electron chi connectivity index (χ3n) is 4.67. The molecule has 0 amide bonds. The maximum absolute atomic E-state index is 13.1. The van der Waals surface area contributed by atoms with Gasteiger partial charge in [0.05, 0.1) is 0 Å². The number of aliphatic carboxylic acids is 1. The lowest BCUT2D eigenvalue weighted by molar-refractivity contribution is -0.139. The molecule has 2 N–H and O–H groups in total. The predicted molar refractivity (Wildman–Crippen MR) is 89.4 cm³/mol. The van der Waals surface area contributed by atoms with Gasteiger partial charge in [-0.25, -0.2) is 4.39 Å². The number of para-hydroxylation sites is 1. The molecule has 0 fully saturated rings. The molecule has 2 aromatic carbocycles. The third-order valence-corrected chi connectivity index (χ3v) is 4.67. The summed E-state index contributed by atoms with van der Waals surface area (Å²) in [6, 6.07) is 14.0. The number of aromatic nitrogens is 1. The van der Waals surface area contributed by atoms with E-state index in [2.05, 4.69) is 9.88 Å². The number of carboxylic acids is 1. The number of benzene rings is 2. The van der Waals surface area contributed by atoms with Gasteiger partial charge in [0.2, 0.25) is 0 Å². The lowest BCUT2D eigenvalue weighted by Crippen LogP contribution is -2.42. The highest BCUT2D eigenvalue weighted by Crippen LogP contribution is 2.30. The van der Waals surface area contributed by atoms with Crippen LogP contribution in [-0.2, 0) is 24.3 Å². The van der Waals surface area contributed by atoms with Crippen LogP contribution in [0.5, 0.6) is 0 Å². The van der Waals surface area contributed by atoms with E-state index in [1.165, 1.54) is 12.1 Å². The van der Waals surface area contributed by atoms with Gasteiger partial charge in [-0.15, -0.1) is 0 Å². The third kappa shape index (κ3) is 2.47. The number of rotatable bonds is 3. The fourth-order valence-corrected chi connectivity index (χ4v) is 3.48. The average molecular weight is 324 g/mol. The Balaban J connectivity index is 1.81. The summed E-state index contributed by atoms with van der Waals surface area (Å²) in [6.07, 6.45) is 0.474. The molecular weight excluding hydrogens is 307 g/mol. The second-order valence-electron chi connectivity index (χ2n) is 6.13. The number of hydrogen-bond donors (Lipinski definition) is 2. The molecule has 0 spiro atoms. The first-order valence-corrected chi connectivity index (χ1v) is 7.93. The summed E-state index contributed by atoms with van der Waals surface area (Å²) in [5.74, 6) is -1.07. The number of nitrogens with one attached hydrogen (secondary N) is 1. The molecule has 0 radical (unpaired) electrons. The Morgan fingerprint density at radius 1 is 1.21 bits per heavy atom. The van der Waals surface area contributed by atoms with E-state index in [9.17, 15) is 14.3 Å². The van der Waals surface area contributed by atoms with Crippen LogP contribution in [0, 0.1) is 5.82 Å². The summed E-state index contributed by atoms with van der Waals surface area (Å²) in [5, 5.41) is 13.5. The van der Waals surface area contributed by atoms with Crippen molar-refractivity contribution in [3.63, 3.8) is 0 Å². The summed E-state index contributed by atoms with van der Waals surface area (Å²) in [4.78, 5) is 11.3. The zero-order valence-corrected chi connectivity index (χ0v) is 13.0. The van der Waals surface area contributed by atoms with Gasteiger partial charge in [-0.05, 0) is 29.3 Å². The van der Waals surface area contributed by atoms with Crippen molar-refractivity contribution < 1.29 is 14.3 Å². The number of hydrogen-bond acceptors (Lipinski definition) is 2. The van der Waals surface area contributed by atoms with Crippen molar-refractivity contribution in [2.24, 2.45) is 0 Å². The lowest BCUT2D eigenvalue weighted by Gasteiger charge is -2.22. The molecular formula is C19H17FN2O2. The van der Waals surface area contributed by atoms with Gasteiger partial charge in [0.1, 0.15) is 11.9 Å². The first-order chi connectivity index (χ1) is 11.6. The molecule has 3 aromatic rings. The van der Waals surface area contributed by atoms with E-state index in [1.807, 2.05) is 24.3 Å². The minimum atomic E-state index is -0.823.